The maximum absolute atomic E-state index is 12.5. The van der Waals surface area contributed by atoms with Gasteiger partial charge in [0.25, 0.3) is 21.6 Å². The Morgan fingerprint density at radius 1 is 1.19 bits per heavy atom. The first kappa shape index (κ1) is 20.4. The molecule has 27 heavy (non-hydrogen) atoms. The molecule has 8 nitrogen and oxygen atoms in total. The Hall–Kier alpha value is -2.94. The lowest BCUT2D eigenvalue weighted by atomic mass is 10.1. The van der Waals surface area contributed by atoms with Crippen molar-refractivity contribution in [2.24, 2.45) is 0 Å². The zero-order valence-corrected chi connectivity index (χ0v) is 16.0. The standard InChI is InChI=1S/C18H21N3O5S/c1-4-13(3)19-18(22)14-6-8-15(9-7-14)20-27(25,26)16-10-5-12(2)17(11-16)21(23)24/h5-11,13,20H,4H2,1-3H3,(H,19,22). The van der Waals surface area contributed by atoms with Crippen LogP contribution in [0.4, 0.5) is 11.4 Å². The van der Waals surface area contributed by atoms with Gasteiger partial charge in [-0.15, -0.1) is 0 Å². The average molecular weight is 391 g/mol. The van der Waals surface area contributed by atoms with Crippen LogP contribution in [0.3, 0.4) is 0 Å². The monoisotopic (exact) mass is 391 g/mol. The second-order valence-corrected chi connectivity index (χ2v) is 7.85. The molecule has 0 heterocycles. The molecule has 0 aromatic heterocycles. The van der Waals surface area contributed by atoms with Crippen molar-refractivity contribution in [1.82, 2.24) is 5.32 Å². The van der Waals surface area contributed by atoms with Gasteiger partial charge in [-0.1, -0.05) is 13.0 Å². The number of hydrogen-bond donors (Lipinski definition) is 2. The maximum Gasteiger partial charge on any atom is 0.273 e. The van der Waals surface area contributed by atoms with Crippen LogP contribution in [0, 0.1) is 17.0 Å². The number of nitrogens with zero attached hydrogens (tertiary/aromatic N) is 1. The lowest BCUT2D eigenvalue weighted by Gasteiger charge is -2.12. The molecule has 0 spiro atoms. The van der Waals surface area contributed by atoms with Crippen LogP contribution >= 0.6 is 0 Å². The van der Waals surface area contributed by atoms with Gasteiger partial charge >= 0.3 is 0 Å². The molecule has 0 aliphatic rings. The maximum atomic E-state index is 12.5. The van der Waals surface area contributed by atoms with Crippen molar-refractivity contribution in [3.8, 4) is 0 Å². The van der Waals surface area contributed by atoms with Crippen molar-refractivity contribution < 1.29 is 18.1 Å². The van der Waals surface area contributed by atoms with E-state index >= 15 is 0 Å². The molecule has 1 unspecified atom stereocenters. The van der Waals surface area contributed by atoms with Gasteiger partial charge in [0.15, 0.2) is 0 Å². The Labute approximate surface area is 157 Å². The molecule has 0 saturated carbocycles. The second kappa shape index (κ2) is 8.17. The van der Waals surface area contributed by atoms with E-state index in [-0.39, 0.29) is 28.2 Å². The molecular weight excluding hydrogens is 370 g/mol. The molecular formula is C18H21N3O5S. The molecule has 2 aromatic carbocycles. The molecule has 0 aliphatic carbocycles. The van der Waals surface area contributed by atoms with E-state index in [4.69, 9.17) is 0 Å². The Bertz CT molecular complexity index is 955. The quantitative estimate of drug-likeness (QED) is 0.555. The smallest absolute Gasteiger partial charge is 0.273 e. The molecule has 0 aliphatic heterocycles. The minimum absolute atomic E-state index is 0.0352. The first-order valence-electron chi connectivity index (χ1n) is 8.33. The highest BCUT2D eigenvalue weighted by molar-refractivity contribution is 7.92. The van der Waals surface area contributed by atoms with E-state index in [1.165, 1.54) is 43.3 Å². The Morgan fingerprint density at radius 2 is 1.81 bits per heavy atom. The van der Waals surface area contributed by atoms with Gasteiger partial charge in [0, 0.05) is 28.9 Å². The van der Waals surface area contributed by atoms with Crippen molar-refractivity contribution in [3.63, 3.8) is 0 Å². The van der Waals surface area contributed by atoms with Gasteiger partial charge in [-0.2, -0.15) is 0 Å². The number of anilines is 1. The normalized spacial score (nSPS) is 12.3. The molecule has 0 radical (unpaired) electrons. The number of nitrogens with one attached hydrogen (secondary N) is 2. The van der Waals surface area contributed by atoms with E-state index in [0.29, 0.717) is 11.1 Å². The molecule has 1 amide bonds. The SMILES string of the molecule is CCC(C)NC(=O)c1ccc(NS(=O)(=O)c2ccc(C)c([N+](=O)[O-])c2)cc1. The van der Waals surface area contributed by atoms with Crippen molar-refractivity contribution in [2.45, 2.75) is 38.1 Å². The van der Waals surface area contributed by atoms with Crippen LogP contribution < -0.4 is 10.0 Å². The summed E-state index contributed by atoms with van der Waals surface area (Å²) in [5.41, 5.74) is 0.758. The van der Waals surface area contributed by atoms with E-state index in [0.717, 1.165) is 12.5 Å². The first-order valence-corrected chi connectivity index (χ1v) is 9.81. The summed E-state index contributed by atoms with van der Waals surface area (Å²) in [6, 6.07) is 9.68. The van der Waals surface area contributed by atoms with Crippen LogP contribution in [-0.4, -0.2) is 25.3 Å². The minimum Gasteiger partial charge on any atom is -0.350 e. The third-order valence-corrected chi connectivity index (χ3v) is 5.46. The largest absolute Gasteiger partial charge is 0.350 e. The van der Waals surface area contributed by atoms with Crippen LogP contribution in [0.25, 0.3) is 0 Å². The third kappa shape index (κ3) is 5.04. The number of carbonyl (C=O) groups is 1. The van der Waals surface area contributed by atoms with Gasteiger partial charge in [-0.3, -0.25) is 19.6 Å². The molecule has 0 fully saturated rings. The summed E-state index contributed by atoms with van der Waals surface area (Å²) in [5.74, 6) is -0.243. The Kier molecular flexibility index (Phi) is 6.17. The zero-order chi connectivity index (χ0) is 20.2. The van der Waals surface area contributed by atoms with Crippen LogP contribution in [0.2, 0.25) is 0 Å². The highest BCUT2D eigenvalue weighted by Crippen LogP contribution is 2.24. The number of nitro benzene ring substituents is 1. The highest BCUT2D eigenvalue weighted by atomic mass is 32.2. The van der Waals surface area contributed by atoms with Crippen molar-refractivity contribution in [2.75, 3.05) is 4.72 Å². The van der Waals surface area contributed by atoms with Gasteiger partial charge in [-0.05, 0) is 50.6 Å². The first-order chi connectivity index (χ1) is 12.6. The van der Waals surface area contributed by atoms with Crippen LogP contribution in [0.5, 0.6) is 0 Å². The van der Waals surface area contributed by atoms with Crippen LogP contribution in [0.1, 0.15) is 36.2 Å². The van der Waals surface area contributed by atoms with E-state index in [2.05, 4.69) is 10.0 Å². The average Bonchev–Trinajstić information content (AvgIpc) is 2.61. The number of hydrogen-bond acceptors (Lipinski definition) is 5. The van der Waals surface area contributed by atoms with E-state index < -0.39 is 14.9 Å². The Morgan fingerprint density at radius 3 is 2.37 bits per heavy atom. The highest BCUT2D eigenvalue weighted by Gasteiger charge is 2.20. The lowest BCUT2D eigenvalue weighted by molar-refractivity contribution is -0.385. The summed E-state index contributed by atoms with van der Waals surface area (Å²) in [7, 11) is -4.00. The molecule has 9 heteroatoms. The minimum atomic E-state index is -4.00. The molecule has 0 bridgehead atoms. The number of sulfonamides is 1. The fraction of sp³-hybridized carbons (Fsp3) is 0.278. The van der Waals surface area contributed by atoms with Gasteiger partial charge < -0.3 is 5.32 Å². The third-order valence-electron chi connectivity index (χ3n) is 4.08. The van der Waals surface area contributed by atoms with E-state index in [9.17, 15) is 23.3 Å². The summed E-state index contributed by atoms with van der Waals surface area (Å²) < 4.78 is 27.3. The van der Waals surface area contributed by atoms with Crippen LogP contribution in [-0.2, 0) is 10.0 Å². The van der Waals surface area contributed by atoms with Crippen molar-refractivity contribution >= 4 is 27.3 Å². The van der Waals surface area contributed by atoms with E-state index in [1.807, 2.05) is 13.8 Å². The molecule has 144 valence electrons. The number of benzene rings is 2. The predicted octanol–water partition coefficient (Wildman–Crippen LogP) is 3.23. The molecule has 2 rings (SSSR count). The summed E-state index contributed by atoms with van der Waals surface area (Å²) >= 11 is 0. The molecule has 2 aromatic rings. The zero-order valence-electron chi connectivity index (χ0n) is 15.2. The number of carbonyl (C=O) groups excluding carboxylic acids is 1. The van der Waals surface area contributed by atoms with Gasteiger partial charge in [0.05, 0.1) is 9.82 Å². The number of amides is 1. The summed E-state index contributed by atoms with van der Waals surface area (Å²) in [5, 5.41) is 13.8. The van der Waals surface area contributed by atoms with Crippen LogP contribution in [0.15, 0.2) is 47.4 Å². The fourth-order valence-electron chi connectivity index (χ4n) is 2.27. The second-order valence-electron chi connectivity index (χ2n) is 6.17. The van der Waals surface area contributed by atoms with E-state index in [1.54, 1.807) is 0 Å². The lowest BCUT2D eigenvalue weighted by Crippen LogP contribution is -2.31. The fourth-order valence-corrected chi connectivity index (χ4v) is 3.34. The van der Waals surface area contributed by atoms with Gasteiger partial charge in [0.2, 0.25) is 0 Å². The summed E-state index contributed by atoms with van der Waals surface area (Å²) in [4.78, 5) is 22.2. The predicted molar refractivity (Wildman–Crippen MR) is 102 cm³/mol. The van der Waals surface area contributed by atoms with Gasteiger partial charge in [-0.25, -0.2) is 8.42 Å². The molecule has 2 N–H and O–H groups in total. The van der Waals surface area contributed by atoms with Crippen molar-refractivity contribution in [3.05, 3.63) is 63.7 Å². The number of aryl methyl sites for hydroxylation is 1. The number of rotatable bonds is 7. The molecule has 1 atom stereocenters. The molecule has 0 saturated heterocycles. The topological polar surface area (TPSA) is 118 Å². The van der Waals surface area contributed by atoms with Gasteiger partial charge in [0.1, 0.15) is 0 Å². The summed E-state index contributed by atoms with van der Waals surface area (Å²) in [6.45, 7) is 5.38. The number of nitro groups is 1. The Balaban J connectivity index is 2.20. The van der Waals surface area contributed by atoms with Crippen molar-refractivity contribution in [1.29, 1.82) is 0 Å². The summed E-state index contributed by atoms with van der Waals surface area (Å²) in [6.07, 6.45) is 0.798.